The molecule has 5 rings (SSSR count). The quantitative estimate of drug-likeness (QED) is 0.209. The van der Waals surface area contributed by atoms with E-state index in [-0.39, 0.29) is 35.7 Å². The number of nitro benzene ring substituents is 1. The SMILES string of the molecule is CC(O)C1C(=O)N2C(C(=O)OCc3ccc([N+](=O)[O-])cc3)=C(Sc3ccccc3C(=O)N3CCCCCC3)C(C)[C@@H]12. The van der Waals surface area contributed by atoms with Crippen molar-refractivity contribution >= 4 is 35.2 Å². The minimum Gasteiger partial charge on any atom is -0.456 e. The number of benzene rings is 2. The van der Waals surface area contributed by atoms with E-state index in [1.54, 1.807) is 13.0 Å². The minimum atomic E-state index is -0.884. The lowest BCUT2D eigenvalue weighted by Gasteiger charge is -2.46. The highest BCUT2D eigenvalue weighted by molar-refractivity contribution is 8.03. The number of likely N-dealkylation sites (tertiary alicyclic amines) is 1. The lowest BCUT2D eigenvalue weighted by molar-refractivity contribution is -0.384. The van der Waals surface area contributed by atoms with Gasteiger partial charge < -0.3 is 19.6 Å². The maximum absolute atomic E-state index is 13.6. The number of ether oxygens (including phenoxy) is 1. The van der Waals surface area contributed by atoms with Gasteiger partial charge >= 0.3 is 5.97 Å². The largest absolute Gasteiger partial charge is 0.456 e. The number of fused-ring (bicyclic) bond motifs is 1. The zero-order valence-corrected chi connectivity index (χ0v) is 23.8. The van der Waals surface area contributed by atoms with E-state index in [1.165, 1.54) is 40.9 Å². The van der Waals surface area contributed by atoms with Gasteiger partial charge in [0.2, 0.25) is 5.91 Å². The fraction of sp³-hybridized carbons (Fsp3) is 0.433. The Hall–Kier alpha value is -3.70. The summed E-state index contributed by atoms with van der Waals surface area (Å²) in [7, 11) is 0. The first kappa shape index (κ1) is 28.8. The van der Waals surface area contributed by atoms with E-state index >= 15 is 0 Å². The molecule has 0 aliphatic carbocycles. The van der Waals surface area contributed by atoms with E-state index in [2.05, 4.69) is 0 Å². The number of thioether (sulfide) groups is 1. The molecular formula is C30H33N3O7S. The number of β-lactam (4-membered cyclic amide) rings is 1. The Morgan fingerprint density at radius 3 is 2.39 bits per heavy atom. The molecular weight excluding hydrogens is 546 g/mol. The molecule has 2 fully saturated rings. The summed E-state index contributed by atoms with van der Waals surface area (Å²) in [6.07, 6.45) is 3.25. The lowest BCUT2D eigenvalue weighted by Crippen LogP contribution is -2.63. The first-order valence-electron chi connectivity index (χ1n) is 13.9. The summed E-state index contributed by atoms with van der Waals surface area (Å²) in [5.74, 6) is -2.02. The molecule has 3 aliphatic rings. The van der Waals surface area contributed by atoms with E-state index in [0.29, 0.717) is 34.0 Å². The zero-order chi connectivity index (χ0) is 29.3. The van der Waals surface area contributed by atoms with Crippen LogP contribution in [-0.4, -0.2) is 62.8 Å². The Labute approximate surface area is 242 Å². The van der Waals surface area contributed by atoms with E-state index < -0.39 is 29.0 Å². The molecule has 216 valence electrons. The van der Waals surface area contributed by atoms with E-state index in [4.69, 9.17) is 4.74 Å². The molecule has 0 aromatic heterocycles. The fourth-order valence-electron chi connectivity index (χ4n) is 5.87. The van der Waals surface area contributed by atoms with E-state index in [1.807, 2.05) is 30.0 Å². The lowest BCUT2D eigenvalue weighted by atomic mass is 9.79. The predicted octanol–water partition coefficient (Wildman–Crippen LogP) is 4.52. The van der Waals surface area contributed by atoms with Crippen molar-refractivity contribution in [2.75, 3.05) is 13.1 Å². The maximum atomic E-state index is 13.6. The second-order valence-corrected chi connectivity index (χ2v) is 11.9. The van der Waals surface area contributed by atoms with Crippen LogP contribution in [0.2, 0.25) is 0 Å². The molecule has 2 aromatic rings. The highest BCUT2D eigenvalue weighted by Crippen LogP contribution is 2.52. The summed E-state index contributed by atoms with van der Waals surface area (Å²) in [6.45, 7) is 4.76. The van der Waals surface area contributed by atoms with Crippen LogP contribution in [0.4, 0.5) is 5.69 Å². The van der Waals surface area contributed by atoms with Gasteiger partial charge in [-0.3, -0.25) is 19.7 Å². The molecule has 41 heavy (non-hydrogen) atoms. The molecule has 0 spiro atoms. The van der Waals surface area contributed by atoms with Crippen molar-refractivity contribution in [3.05, 3.63) is 80.4 Å². The smallest absolute Gasteiger partial charge is 0.356 e. The van der Waals surface area contributed by atoms with Crippen molar-refractivity contribution < 1.29 is 29.2 Å². The number of amides is 2. The molecule has 11 heteroatoms. The number of nitrogens with zero attached hydrogens (tertiary/aromatic N) is 3. The van der Waals surface area contributed by atoms with Crippen LogP contribution >= 0.6 is 11.8 Å². The van der Waals surface area contributed by atoms with Crippen molar-refractivity contribution in [2.45, 2.75) is 63.2 Å². The van der Waals surface area contributed by atoms with Crippen LogP contribution in [0.3, 0.4) is 0 Å². The molecule has 10 nitrogen and oxygen atoms in total. The third-order valence-electron chi connectivity index (χ3n) is 8.05. The summed E-state index contributed by atoms with van der Waals surface area (Å²) in [5, 5.41) is 21.3. The van der Waals surface area contributed by atoms with Crippen LogP contribution in [0.5, 0.6) is 0 Å². The number of nitro groups is 1. The first-order chi connectivity index (χ1) is 19.7. The van der Waals surface area contributed by atoms with Crippen LogP contribution in [-0.2, 0) is 20.9 Å². The molecule has 3 unspecified atom stereocenters. The van der Waals surface area contributed by atoms with Gasteiger partial charge in [-0.2, -0.15) is 0 Å². The topological polar surface area (TPSA) is 130 Å². The number of rotatable bonds is 8. The number of carbonyl (C=O) groups excluding carboxylic acids is 3. The molecule has 0 radical (unpaired) electrons. The first-order valence-corrected chi connectivity index (χ1v) is 14.7. The van der Waals surface area contributed by atoms with E-state index in [9.17, 15) is 29.6 Å². The zero-order valence-electron chi connectivity index (χ0n) is 23.0. The molecule has 4 atom stereocenters. The van der Waals surface area contributed by atoms with Crippen LogP contribution in [0, 0.1) is 22.0 Å². The standard InChI is InChI=1S/C30H33N3O7S/c1-18-25-24(19(2)34)29(36)32(25)26(30(37)40-17-20-11-13-21(14-12-20)33(38)39)27(18)41-23-10-6-5-9-22(23)28(35)31-15-7-3-4-8-16-31/h5-6,9-14,18-19,24-25,34H,3-4,7-8,15-17H2,1-2H3/t18?,19?,24?,25-/m0/s1. The van der Waals surface area contributed by atoms with Crippen molar-refractivity contribution in [2.24, 2.45) is 11.8 Å². The maximum Gasteiger partial charge on any atom is 0.356 e. The Morgan fingerprint density at radius 1 is 1.10 bits per heavy atom. The third-order valence-corrected chi connectivity index (χ3v) is 9.41. The molecule has 0 bridgehead atoms. The number of aliphatic hydroxyl groups excluding tert-OH is 1. The number of hydrogen-bond acceptors (Lipinski definition) is 8. The van der Waals surface area contributed by atoms with Crippen LogP contribution in [0.15, 0.2) is 64.0 Å². The van der Waals surface area contributed by atoms with Gasteiger partial charge in [0.1, 0.15) is 12.3 Å². The predicted molar refractivity (Wildman–Crippen MR) is 152 cm³/mol. The van der Waals surface area contributed by atoms with Crippen LogP contribution in [0.1, 0.15) is 55.5 Å². The van der Waals surface area contributed by atoms with Crippen molar-refractivity contribution in [1.82, 2.24) is 9.80 Å². The highest BCUT2D eigenvalue weighted by Gasteiger charge is 2.60. The molecule has 3 heterocycles. The van der Waals surface area contributed by atoms with E-state index in [0.717, 1.165) is 25.7 Å². The number of aliphatic hydroxyl groups is 1. The minimum absolute atomic E-state index is 0.0511. The monoisotopic (exact) mass is 579 g/mol. The molecule has 2 saturated heterocycles. The van der Waals surface area contributed by atoms with Gasteiger partial charge in [-0.1, -0.05) is 43.7 Å². The second kappa shape index (κ2) is 12.0. The summed E-state index contributed by atoms with van der Waals surface area (Å²) >= 11 is 1.29. The number of esters is 1. The molecule has 2 aromatic carbocycles. The number of non-ortho nitro benzene ring substituents is 1. The third kappa shape index (κ3) is 5.60. The molecule has 3 aliphatic heterocycles. The van der Waals surface area contributed by atoms with Gasteiger partial charge in [-0.05, 0) is 49.6 Å². The summed E-state index contributed by atoms with van der Waals surface area (Å²) in [4.78, 5) is 55.3. The van der Waals surface area contributed by atoms with Gasteiger partial charge in [-0.25, -0.2) is 4.79 Å². The molecule has 2 amide bonds. The van der Waals surface area contributed by atoms with Crippen molar-refractivity contribution in [3.63, 3.8) is 0 Å². The Morgan fingerprint density at radius 2 is 1.76 bits per heavy atom. The van der Waals surface area contributed by atoms with Gasteiger partial charge in [0.15, 0.2) is 0 Å². The van der Waals surface area contributed by atoms with Crippen molar-refractivity contribution in [3.8, 4) is 0 Å². The molecule has 0 saturated carbocycles. The Balaban J connectivity index is 1.44. The Bertz CT molecular complexity index is 1380. The van der Waals surface area contributed by atoms with Gasteiger partial charge in [0.25, 0.3) is 11.6 Å². The fourth-order valence-corrected chi connectivity index (χ4v) is 7.13. The number of hydrogen-bond donors (Lipinski definition) is 1. The summed E-state index contributed by atoms with van der Waals surface area (Å²) in [6, 6.07) is 12.6. The Kier molecular flexibility index (Phi) is 8.46. The molecule has 1 N–H and O–H groups in total. The van der Waals surface area contributed by atoms with Gasteiger partial charge in [0.05, 0.1) is 28.6 Å². The van der Waals surface area contributed by atoms with Gasteiger partial charge in [0, 0.05) is 40.9 Å². The average molecular weight is 580 g/mol. The summed E-state index contributed by atoms with van der Waals surface area (Å²) < 4.78 is 5.60. The van der Waals surface area contributed by atoms with Gasteiger partial charge in [-0.15, -0.1) is 0 Å². The summed E-state index contributed by atoms with van der Waals surface area (Å²) in [5.41, 5.74) is 1.16. The van der Waals surface area contributed by atoms with Crippen LogP contribution in [0.25, 0.3) is 0 Å². The normalized spacial score (nSPS) is 23.0. The number of carbonyl (C=O) groups is 3. The van der Waals surface area contributed by atoms with Crippen LogP contribution < -0.4 is 0 Å². The highest BCUT2D eigenvalue weighted by atomic mass is 32.2. The second-order valence-electron chi connectivity index (χ2n) is 10.8. The average Bonchev–Trinajstić information content (AvgIpc) is 3.12. The van der Waals surface area contributed by atoms with Crippen molar-refractivity contribution in [1.29, 1.82) is 0 Å².